The summed E-state index contributed by atoms with van der Waals surface area (Å²) < 4.78 is 8.62. The average molecular weight is 407 g/mol. The molecule has 1 N–H and O–H groups in total. The topological polar surface area (TPSA) is 58.1 Å². The number of fused-ring (bicyclic) bond motifs is 1. The Morgan fingerprint density at radius 1 is 1.10 bits per heavy atom. The molecule has 1 atom stereocenters. The molecule has 6 heteroatoms. The highest BCUT2D eigenvalue weighted by Crippen LogP contribution is 2.59. The molecule has 0 radical (unpaired) electrons. The number of aromatic nitrogens is 2. The van der Waals surface area contributed by atoms with Gasteiger partial charge in [-0.1, -0.05) is 12.1 Å². The van der Waals surface area contributed by atoms with E-state index in [2.05, 4.69) is 69.2 Å². The third-order valence-corrected chi connectivity index (χ3v) is 7.13. The number of carbonyl (C=O) groups is 1. The van der Waals surface area contributed by atoms with Crippen LogP contribution in [0.25, 0.3) is 11.0 Å². The Bertz CT molecular complexity index is 1050. The van der Waals surface area contributed by atoms with Crippen LogP contribution < -0.4 is 5.32 Å². The van der Waals surface area contributed by atoms with Crippen LogP contribution >= 0.6 is 11.7 Å². The van der Waals surface area contributed by atoms with Crippen molar-refractivity contribution in [3.05, 3.63) is 53.1 Å². The molecule has 3 aromatic rings. The number of amides is 1. The number of benzene rings is 2. The van der Waals surface area contributed by atoms with Crippen molar-refractivity contribution in [2.45, 2.75) is 39.7 Å². The Morgan fingerprint density at radius 3 is 2.59 bits per heavy atom. The molecular formula is C23H26N4OS. The zero-order valence-corrected chi connectivity index (χ0v) is 17.8. The summed E-state index contributed by atoms with van der Waals surface area (Å²) in [6, 6.07) is 12.6. The van der Waals surface area contributed by atoms with Gasteiger partial charge in [0.1, 0.15) is 11.0 Å². The maximum absolute atomic E-state index is 12.8. The van der Waals surface area contributed by atoms with Gasteiger partial charge in [-0.25, -0.2) is 0 Å². The number of anilines is 1. The first-order valence-corrected chi connectivity index (χ1v) is 11.1. The molecule has 0 unspecified atom stereocenters. The van der Waals surface area contributed by atoms with Crippen LogP contribution in [-0.4, -0.2) is 32.6 Å². The van der Waals surface area contributed by atoms with Crippen molar-refractivity contribution in [3.63, 3.8) is 0 Å². The lowest BCUT2D eigenvalue weighted by atomic mass is 9.90. The molecule has 1 amide bonds. The first-order valence-electron chi connectivity index (χ1n) is 10.3. The molecule has 29 heavy (non-hydrogen) atoms. The molecule has 1 spiro atoms. The molecule has 150 valence electrons. The fourth-order valence-corrected chi connectivity index (χ4v) is 5.41. The molecule has 2 heterocycles. The van der Waals surface area contributed by atoms with E-state index in [0.29, 0.717) is 0 Å². The van der Waals surface area contributed by atoms with Gasteiger partial charge in [-0.15, -0.1) is 0 Å². The van der Waals surface area contributed by atoms with Gasteiger partial charge in [0.2, 0.25) is 5.91 Å². The van der Waals surface area contributed by atoms with Crippen molar-refractivity contribution in [1.29, 1.82) is 0 Å². The maximum Gasteiger partial charge on any atom is 0.228 e. The second kappa shape index (κ2) is 7.18. The van der Waals surface area contributed by atoms with Gasteiger partial charge in [0.05, 0.1) is 11.7 Å². The minimum absolute atomic E-state index is 0.169. The quantitative estimate of drug-likeness (QED) is 0.691. The van der Waals surface area contributed by atoms with E-state index in [0.717, 1.165) is 55.6 Å². The summed E-state index contributed by atoms with van der Waals surface area (Å²) in [7, 11) is 0. The van der Waals surface area contributed by atoms with Crippen LogP contribution in [0.15, 0.2) is 36.4 Å². The molecule has 2 aromatic carbocycles. The molecule has 1 aliphatic heterocycles. The lowest BCUT2D eigenvalue weighted by Crippen LogP contribution is -2.35. The zero-order chi connectivity index (χ0) is 20.0. The number of nitrogens with one attached hydrogen (secondary N) is 1. The first kappa shape index (κ1) is 18.7. The summed E-state index contributed by atoms with van der Waals surface area (Å²) in [4.78, 5) is 15.3. The van der Waals surface area contributed by atoms with E-state index in [1.807, 2.05) is 0 Å². The third kappa shape index (κ3) is 3.79. The van der Waals surface area contributed by atoms with Gasteiger partial charge < -0.3 is 5.32 Å². The van der Waals surface area contributed by atoms with Crippen molar-refractivity contribution < 1.29 is 4.79 Å². The zero-order valence-electron chi connectivity index (χ0n) is 16.9. The normalized spacial score (nSPS) is 20.8. The third-order valence-electron chi connectivity index (χ3n) is 6.57. The summed E-state index contributed by atoms with van der Waals surface area (Å²) in [6.07, 6.45) is 3.25. The number of nitrogens with zero attached hydrogens (tertiary/aromatic N) is 3. The Morgan fingerprint density at radius 2 is 1.83 bits per heavy atom. The molecule has 1 aromatic heterocycles. The number of likely N-dealkylation sites (tertiary alicyclic amines) is 1. The predicted molar refractivity (Wildman–Crippen MR) is 117 cm³/mol. The van der Waals surface area contributed by atoms with Gasteiger partial charge in [0.15, 0.2) is 0 Å². The van der Waals surface area contributed by atoms with Gasteiger partial charge in [0.25, 0.3) is 0 Å². The Hall–Kier alpha value is -2.31. The smallest absolute Gasteiger partial charge is 0.228 e. The molecular weight excluding hydrogens is 380 g/mol. The lowest BCUT2D eigenvalue weighted by molar-refractivity contribution is -0.118. The monoisotopic (exact) mass is 406 g/mol. The van der Waals surface area contributed by atoms with E-state index in [1.165, 1.54) is 28.4 Å². The van der Waals surface area contributed by atoms with Crippen molar-refractivity contribution in [2.24, 2.45) is 11.3 Å². The summed E-state index contributed by atoms with van der Waals surface area (Å²) in [6.45, 7) is 7.20. The van der Waals surface area contributed by atoms with Crippen LogP contribution in [0, 0.1) is 25.2 Å². The van der Waals surface area contributed by atoms with Gasteiger partial charge in [-0.3, -0.25) is 9.69 Å². The molecule has 5 rings (SSSR count). The number of hydrogen-bond donors (Lipinski definition) is 1. The van der Waals surface area contributed by atoms with Crippen molar-refractivity contribution in [3.8, 4) is 0 Å². The highest BCUT2D eigenvalue weighted by molar-refractivity contribution is 7.00. The van der Waals surface area contributed by atoms with Crippen LogP contribution in [0.1, 0.15) is 36.0 Å². The van der Waals surface area contributed by atoms with Crippen LogP contribution in [0.2, 0.25) is 0 Å². The van der Waals surface area contributed by atoms with Crippen molar-refractivity contribution in [1.82, 2.24) is 13.6 Å². The summed E-state index contributed by atoms with van der Waals surface area (Å²) >= 11 is 1.27. The van der Waals surface area contributed by atoms with E-state index < -0.39 is 0 Å². The number of aryl methyl sites for hydroxylation is 2. The number of piperidine rings is 1. The summed E-state index contributed by atoms with van der Waals surface area (Å²) in [5.74, 6) is 0.368. The second-order valence-electron chi connectivity index (χ2n) is 8.85. The van der Waals surface area contributed by atoms with Crippen molar-refractivity contribution >= 4 is 34.4 Å². The van der Waals surface area contributed by atoms with E-state index in [-0.39, 0.29) is 17.2 Å². The maximum atomic E-state index is 12.8. The van der Waals surface area contributed by atoms with Crippen LogP contribution in [0.5, 0.6) is 0 Å². The van der Waals surface area contributed by atoms with Crippen LogP contribution in [-0.2, 0) is 11.3 Å². The number of hydrogen-bond acceptors (Lipinski definition) is 5. The van der Waals surface area contributed by atoms with Crippen LogP contribution in [0.3, 0.4) is 0 Å². The van der Waals surface area contributed by atoms with E-state index in [4.69, 9.17) is 0 Å². The first-order chi connectivity index (χ1) is 14.0. The van der Waals surface area contributed by atoms with Gasteiger partial charge >= 0.3 is 0 Å². The molecule has 1 saturated heterocycles. The lowest BCUT2D eigenvalue weighted by Gasteiger charge is -2.32. The largest absolute Gasteiger partial charge is 0.326 e. The van der Waals surface area contributed by atoms with Gasteiger partial charge in [-0.2, -0.15) is 8.75 Å². The van der Waals surface area contributed by atoms with Gasteiger partial charge in [0, 0.05) is 18.2 Å². The van der Waals surface area contributed by atoms with E-state index >= 15 is 0 Å². The molecule has 5 nitrogen and oxygen atoms in total. The summed E-state index contributed by atoms with van der Waals surface area (Å²) in [5.41, 5.74) is 6.79. The van der Waals surface area contributed by atoms with Crippen molar-refractivity contribution in [2.75, 3.05) is 18.4 Å². The average Bonchev–Trinajstić information content (AvgIpc) is 3.17. The predicted octanol–water partition coefficient (Wildman–Crippen LogP) is 4.55. The Kier molecular flexibility index (Phi) is 4.63. The molecule has 2 aliphatic rings. The molecule has 0 bridgehead atoms. The highest BCUT2D eigenvalue weighted by Gasteiger charge is 2.58. The molecule has 1 saturated carbocycles. The van der Waals surface area contributed by atoms with E-state index in [9.17, 15) is 4.79 Å². The number of rotatable bonds is 4. The molecule has 2 fully saturated rings. The summed E-state index contributed by atoms with van der Waals surface area (Å²) in [5, 5.41) is 3.16. The second-order valence-corrected chi connectivity index (χ2v) is 9.38. The Labute approximate surface area is 175 Å². The Balaban J connectivity index is 1.17. The molecule has 1 aliphatic carbocycles. The standard InChI is InChI=1S/C23H26N4OS/c1-15-9-16(2)11-18(10-15)24-22(28)19-13-23(19)5-7-27(8-6-23)14-17-3-4-20-21(12-17)26-29-25-20/h3-4,9-12,19H,5-8,13-14H2,1-2H3,(H,24,28)/t19-/m0/s1. The highest BCUT2D eigenvalue weighted by atomic mass is 32.1. The van der Waals surface area contributed by atoms with E-state index in [1.54, 1.807) is 0 Å². The minimum atomic E-state index is 0.169. The fourth-order valence-electron chi connectivity index (χ4n) is 4.89. The number of carbonyl (C=O) groups excluding carboxylic acids is 1. The minimum Gasteiger partial charge on any atom is -0.326 e. The van der Waals surface area contributed by atoms with Gasteiger partial charge in [-0.05, 0) is 92.6 Å². The van der Waals surface area contributed by atoms with Crippen LogP contribution in [0.4, 0.5) is 5.69 Å². The SMILES string of the molecule is Cc1cc(C)cc(NC(=O)[C@@H]2CC23CCN(Cc2ccc4nsnc4c2)CC3)c1. The fraction of sp³-hybridized carbons (Fsp3) is 0.435.